The monoisotopic (exact) mass is 367 g/mol. The van der Waals surface area contributed by atoms with Crippen LogP contribution in [-0.4, -0.2) is 21.6 Å². The molecule has 0 aliphatic rings. The highest BCUT2D eigenvalue weighted by Gasteiger charge is 2.19. The van der Waals surface area contributed by atoms with Crippen LogP contribution in [0.4, 0.5) is 0 Å². The molecule has 4 nitrogen and oxygen atoms in total. The summed E-state index contributed by atoms with van der Waals surface area (Å²) in [6, 6.07) is 9.20. The van der Waals surface area contributed by atoms with Crippen LogP contribution in [0.1, 0.15) is 22.3 Å². The quantitative estimate of drug-likeness (QED) is 0.787. The van der Waals surface area contributed by atoms with Gasteiger partial charge in [0.2, 0.25) is 10.0 Å². The number of rotatable bonds is 6. The van der Waals surface area contributed by atoms with E-state index >= 15 is 0 Å². The SMILES string of the molecule is Cc1cc(C)c(S(=O)(=O)NCCOc2cc(C)ccc2Cl)c(C)c1. The molecule has 0 aromatic heterocycles. The first-order valence-electron chi connectivity index (χ1n) is 7.67. The average molecular weight is 368 g/mol. The molecule has 0 spiro atoms. The average Bonchev–Trinajstić information content (AvgIpc) is 2.45. The second kappa shape index (κ2) is 7.55. The molecule has 0 aliphatic heterocycles. The molecule has 2 aromatic carbocycles. The zero-order chi connectivity index (χ0) is 17.9. The van der Waals surface area contributed by atoms with Crippen molar-refractivity contribution in [1.29, 1.82) is 0 Å². The Morgan fingerprint density at radius 1 is 1.00 bits per heavy atom. The molecule has 0 amide bonds. The summed E-state index contributed by atoms with van der Waals surface area (Å²) in [5.41, 5.74) is 3.55. The van der Waals surface area contributed by atoms with Crippen molar-refractivity contribution in [3.63, 3.8) is 0 Å². The van der Waals surface area contributed by atoms with E-state index in [0.29, 0.717) is 15.7 Å². The fourth-order valence-corrected chi connectivity index (χ4v) is 4.36. The first kappa shape index (κ1) is 18.8. The molecule has 0 fully saturated rings. The normalized spacial score (nSPS) is 11.5. The van der Waals surface area contributed by atoms with E-state index in [9.17, 15) is 8.42 Å². The Labute approximate surface area is 148 Å². The van der Waals surface area contributed by atoms with Gasteiger partial charge in [-0.3, -0.25) is 0 Å². The maximum Gasteiger partial charge on any atom is 0.241 e. The van der Waals surface area contributed by atoms with E-state index in [1.54, 1.807) is 19.9 Å². The van der Waals surface area contributed by atoms with Crippen molar-refractivity contribution < 1.29 is 13.2 Å². The molecule has 0 unspecified atom stereocenters. The molecule has 2 aromatic rings. The molecule has 1 N–H and O–H groups in total. The highest BCUT2D eigenvalue weighted by atomic mass is 35.5. The van der Waals surface area contributed by atoms with E-state index in [0.717, 1.165) is 22.3 Å². The van der Waals surface area contributed by atoms with Crippen LogP contribution < -0.4 is 9.46 Å². The summed E-state index contributed by atoms with van der Waals surface area (Å²) >= 11 is 6.05. The lowest BCUT2D eigenvalue weighted by Gasteiger charge is -2.14. The van der Waals surface area contributed by atoms with Gasteiger partial charge in [0.05, 0.1) is 9.92 Å². The Morgan fingerprint density at radius 2 is 1.62 bits per heavy atom. The summed E-state index contributed by atoms with van der Waals surface area (Å²) < 4.78 is 33.2. The standard InChI is InChI=1S/C18H22ClNO3S/c1-12-5-6-16(19)17(11-12)23-8-7-20-24(21,22)18-14(3)9-13(2)10-15(18)4/h5-6,9-11,20H,7-8H2,1-4H3. The van der Waals surface area contributed by atoms with Gasteiger partial charge in [0.15, 0.2) is 0 Å². The lowest BCUT2D eigenvalue weighted by Crippen LogP contribution is -2.29. The van der Waals surface area contributed by atoms with Gasteiger partial charge in [-0.25, -0.2) is 13.1 Å². The lowest BCUT2D eigenvalue weighted by atomic mass is 10.1. The Balaban J connectivity index is 2.02. The van der Waals surface area contributed by atoms with Crippen LogP contribution in [0, 0.1) is 27.7 Å². The van der Waals surface area contributed by atoms with E-state index in [1.807, 2.05) is 38.1 Å². The van der Waals surface area contributed by atoms with Crippen molar-refractivity contribution in [3.8, 4) is 5.75 Å². The van der Waals surface area contributed by atoms with E-state index in [4.69, 9.17) is 16.3 Å². The van der Waals surface area contributed by atoms with Crippen LogP contribution in [0.5, 0.6) is 5.75 Å². The van der Waals surface area contributed by atoms with Crippen LogP contribution in [0.25, 0.3) is 0 Å². The largest absolute Gasteiger partial charge is 0.491 e. The van der Waals surface area contributed by atoms with Gasteiger partial charge in [-0.15, -0.1) is 0 Å². The third-order valence-electron chi connectivity index (χ3n) is 3.61. The van der Waals surface area contributed by atoms with Crippen LogP contribution in [0.3, 0.4) is 0 Å². The van der Waals surface area contributed by atoms with Crippen molar-refractivity contribution in [2.24, 2.45) is 0 Å². The van der Waals surface area contributed by atoms with Crippen molar-refractivity contribution >= 4 is 21.6 Å². The third-order valence-corrected chi connectivity index (χ3v) is 5.69. The van der Waals surface area contributed by atoms with E-state index in [-0.39, 0.29) is 13.2 Å². The highest BCUT2D eigenvalue weighted by Crippen LogP contribution is 2.25. The molecular formula is C18H22ClNO3S. The van der Waals surface area contributed by atoms with Crippen molar-refractivity contribution in [3.05, 3.63) is 57.6 Å². The van der Waals surface area contributed by atoms with Gasteiger partial charge in [-0.1, -0.05) is 35.4 Å². The number of nitrogens with one attached hydrogen (secondary N) is 1. The molecule has 0 aliphatic carbocycles. The zero-order valence-electron chi connectivity index (χ0n) is 14.3. The van der Waals surface area contributed by atoms with Gasteiger partial charge in [-0.2, -0.15) is 0 Å². The number of aryl methyl sites for hydroxylation is 4. The number of benzene rings is 2. The van der Waals surface area contributed by atoms with Gasteiger partial charge >= 0.3 is 0 Å². The van der Waals surface area contributed by atoms with E-state index in [1.165, 1.54) is 0 Å². The van der Waals surface area contributed by atoms with Crippen LogP contribution in [0.2, 0.25) is 5.02 Å². The maximum atomic E-state index is 12.5. The number of halogens is 1. The summed E-state index contributed by atoms with van der Waals surface area (Å²) in [7, 11) is -3.57. The van der Waals surface area contributed by atoms with Crippen molar-refractivity contribution in [2.75, 3.05) is 13.2 Å². The van der Waals surface area contributed by atoms with Gasteiger partial charge in [0.25, 0.3) is 0 Å². The van der Waals surface area contributed by atoms with Crippen molar-refractivity contribution in [1.82, 2.24) is 4.72 Å². The molecule has 2 rings (SSSR count). The Kier molecular flexibility index (Phi) is 5.91. The topological polar surface area (TPSA) is 55.4 Å². The molecule has 0 atom stereocenters. The number of ether oxygens (including phenoxy) is 1. The first-order valence-corrected chi connectivity index (χ1v) is 9.53. The second-order valence-electron chi connectivity index (χ2n) is 5.91. The molecule has 24 heavy (non-hydrogen) atoms. The summed E-state index contributed by atoms with van der Waals surface area (Å²) in [5.74, 6) is 0.554. The molecule has 130 valence electrons. The zero-order valence-corrected chi connectivity index (χ0v) is 15.9. The molecule has 0 radical (unpaired) electrons. The Hall–Kier alpha value is -1.56. The van der Waals surface area contributed by atoms with Gasteiger partial charge in [0.1, 0.15) is 12.4 Å². The summed E-state index contributed by atoms with van der Waals surface area (Å²) in [4.78, 5) is 0.335. The summed E-state index contributed by atoms with van der Waals surface area (Å²) in [6.45, 7) is 7.86. The van der Waals surface area contributed by atoms with Gasteiger partial charge in [0, 0.05) is 6.54 Å². The number of hydrogen-bond acceptors (Lipinski definition) is 3. The molecule has 0 bridgehead atoms. The minimum atomic E-state index is -3.57. The lowest BCUT2D eigenvalue weighted by molar-refractivity contribution is 0.323. The fourth-order valence-electron chi connectivity index (χ4n) is 2.72. The molecular weight excluding hydrogens is 346 g/mol. The Bertz CT molecular complexity index is 824. The van der Waals surface area contributed by atoms with Gasteiger partial charge < -0.3 is 4.74 Å². The first-order chi connectivity index (χ1) is 11.2. The molecule has 6 heteroatoms. The second-order valence-corrected chi connectivity index (χ2v) is 8.02. The maximum absolute atomic E-state index is 12.5. The van der Waals surface area contributed by atoms with Crippen molar-refractivity contribution in [2.45, 2.75) is 32.6 Å². The highest BCUT2D eigenvalue weighted by molar-refractivity contribution is 7.89. The minimum Gasteiger partial charge on any atom is -0.491 e. The fraction of sp³-hybridized carbons (Fsp3) is 0.333. The summed E-state index contributed by atoms with van der Waals surface area (Å²) in [5, 5.41) is 0.508. The predicted molar refractivity (Wildman–Crippen MR) is 97.5 cm³/mol. The Morgan fingerprint density at radius 3 is 2.25 bits per heavy atom. The number of hydrogen-bond donors (Lipinski definition) is 1. The predicted octanol–water partition coefficient (Wildman–Crippen LogP) is 3.93. The smallest absolute Gasteiger partial charge is 0.241 e. The van der Waals surface area contributed by atoms with E-state index in [2.05, 4.69) is 4.72 Å². The summed E-state index contributed by atoms with van der Waals surface area (Å²) in [6.07, 6.45) is 0. The van der Waals surface area contributed by atoms with Crippen LogP contribution in [0.15, 0.2) is 35.2 Å². The van der Waals surface area contributed by atoms with Crippen LogP contribution in [-0.2, 0) is 10.0 Å². The molecule has 0 saturated heterocycles. The third kappa shape index (κ3) is 4.50. The number of sulfonamides is 1. The molecule has 0 saturated carbocycles. The van der Waals surface area contributed by atoms with E-state index < -0.39 is 10.0 Å². The molecule has 0 heterocycles. The van der Waals surface area contributed by atoms with Gasteiger partial charge in [-0.05, 0) is 56.5 Å². The van der Waals surface area contributed by atoms with Crippen LogP contribution >= 0.6 is 11.6 Å². The minimum absolute atomic E-state index is 0.166.